The number of hydrogen-bond donors (Lipinski definition) is 2. The molecule has 1 atom stereocenters. The smallest absolute Gasteiger partial charge is 0.257 e. The van der Waals surface area contributed by atoms with Crippen molar-refractivity contribution in [3.8, 4) is 5.75 Å². The minimum absolute atomic E-state index is 0. The van der Waals surface area contributed by atoms with E-state index >= 15 is 0 Å². The van der Waals surface area contributed by atoms with E-state index < -0.39 is 5.82 Å². The summed E-state index contributed by atoms with van der Waals surface area (Å²) in [6, 6.07) is 4.43. The van der Waals surface area contributed by atoms with Gasteiger partial charge in [0.25, 0.3) is 5.91 Å². The number of ether oxygens (including phenoxy) is 1. The number of nitrogens with two attached hydrogens (primary N) is 1. The lowest BCUT2D eigenvalue weighted by Crippen LogP contribution is -2.32. The highest BCUT2D eigenvalue weighted by atomic mass is 79.9. The largest absolute Gasteiger partial charge is 0.481 e. The van der Waals surface area contributed by atoms with E-state index in [1.165, 1.54) is 12.1 Å². The maximum Gasteiger partial charge on any atom is 0.257 e. The Morgan fingerprint density at radius 3 is 2.84 bits per heavy atom. The second-order valence-corrected chi connectivity index (χ2v) is 4.90. The summed E-state index contributed by atoms with van der Waals surface area (Å²) >= 11 is 3.14. The molecule has 108 valence electrons. The molecule has 0 spiro atoms. The van der Waals surface area contributed by atoms with E-state index in [1.807, 2.05) is 6.92 Å². The molecule has 0 radical (unpaired) electrons. The van der Waals surface area contributed by atoms with Gasteiger partial charge in [0.15, 0.2) is 18.2 Å². The molecular weight excluding hydrogens is 338 g/mol. The fourth-order valence-corrected chi connectivity index (χ4v) is 1.56. The highest BCUT2D eigenvalue weighted by molar-refractivity contribution is 9.10. The second-order valence-electron chi connectivity index (χ2n) is 3.98. The first-order valence-corrected chi connectivity index (χ1v) is 6.38. The Kier molecular flexibility index (Phi) is 8.71. The highest BCUT2D eigenvalue weighted by Crippen LogP contribution is 2.21. The van der Waals surface area contributed by atoms with Crippen molar-refractivity contribution < 1.29 is 13.9 Å². The van der Waals surface area contributed by atoms with Gasteiger partial charge in [-0.15, -0.1) is 12.4 Å². The van der Waals surface area contributed by atoms with E-state index in [4.69, 9.17) is 10.5 Å². The maximum absolute atomic E-state index is 13.4. The number of benzene rings is 1. The average Bonchev–Trinajstić information content (AvgIpc) is 2.27. The summed E-state index contributed by atoms with van der Waals surface area (Å²) in [6.45, 7) is 2.14. The Balaban J connectivity index is 0.00000324. The number of carbonyl (C=O) groups is 1. The lowest BCUT2D eigenvalue weighted by Gasteiger charge is -2.09. The molecular formula is C12H17BrClFN2O2. The summed E-state index contributed by atoms with van der Waals surface area (Å²) in [7, 11) is 0. The second kappa shape index (κ2) is 9.12. The summed E-state index contributed by atoms with van der Waals surface area (Å²) in [5.41, 5.74) is 5.54. The molecule has 0 heterocycles. The first kappa shape index (κ1) is 18.1. The maximum atomic E-state index is 13.4. The number of nitrogens with one attached hydrogen (secondary N) is 1. The molecule has 3 N–H and O–H groups in total. The molecule has 0 aliphatic heterocycles. The Hall–Kier alpha value is -0.850. The molecule has 7 heteroatoms. The number of amides is 1. The summed E-state index contributed by atoms with van der Waals surface area (Å²) in [5.74, 6) is -0.744. The van der Waals surface area contributed by atoms with Gasteiger partial charge in [0.05, 0.1) is 0 Å². The molecule has 0 saturated heterocycles. The zero-order chi connectivity index (χ0) is 13.5. The van der Waals surface area contributed by atoms with Crippen LogP contribution in [0, 0.1) is 5.82 Å². The van der Waals surface area contributed by atoms with Crippen LogP contribution < -0.4 is 15.8 Å². The van der Waals surface area contributed by atoms with Crippen LogP contribution >= 0.6 is 28.3 Å². The number of rotatable bonds is 6. The molecule has 1 aromatic rings. The molecule has 1 aromatic carbocycles. The first-order valence-electron chi connectivity index (χ1n) is 5.59. The molecule has 1 amide bonds. The molecule has 4 nitrogen and oxygen atoms in total. The fourth-order valence-electron chi connectivity index (χ4n) is 1.23. The lowest BCUT2D eigenvalue weighted by atomic mass is 10.2. The van der Waals surface area contributed by atoms with Crippen LogP contribution in [-0.4, -0.2) is 25.1 Å². The van der Waals surface area contributed by atoms with Crippen LogP contribution in [0.3, 0.4) is 0 Å². The Labute approximate surface area is 126 Å². The number of carbonyl (C=O) groups excluding carboxylic acids is 1. The minimum Gasteiger partial charge on any atom is -0.481 e. The van der Waals surface area contributed by atoms with Crippen molar-refractivity contribution in [2.45, 2.75) is 19.4 Å². The SMILES string of the molecule is CC(N)CCNC(=O)COc1ccc(Br)cc1F.Cl. The van der Waals surface area contributed by atoms with Gasteiger partial charge in [-0.05, 0) is 31.5 Å². The third kappa shape index (κ3) is 7.34. The molecule has 0 bridgehead atoms. The zero-order valence-corrected chi connectivity index (χ0v) is 12.9. The summed E-state index contributed by atoms with van der Waals surface area (Å²) in [4.78, 5) is 11.4. The highest BCUT2D eigenvalue weighted by Gasteiger charge is 2.07. The van der Waals surface area contributed by atoms with Gasteiger partial charge in [0.1, 0.15) is 0 Å². The van der Waals surface area contributed by atoms with Gasteiger partial charge in [-0.1, -0.05) is 15.9 Å². The zero-order valence-electron chi connectivity index (χ0n) is 10.5. The van der Waals surface area contributed by atoms with Gasteiger partial charge < -0.3 is 15.8 Å². The quantitative estimate of drug-likeness (QED) is 0.822. The van der Waals surface area contributed by atoms with Crippen LogP contribution in [0.5, 0.6) is 5.75 Å². The van der Waals surface area contributed by atoms with Gasteiger partial charge in [-0.3, -0.25) is 4.79 Å². The van der Waals surface area contributed by atoms with E-state index in [9.17, 15) is 9.18 Å². The van der Waals surface area contributed by atoms with Crippen LogP contribution in [0.2, 0.25) is 0 Å². The average molecular weight is 356 g/mol. The molecule has 1 rings (SSSR count). The normalized spacial score (nSPS) is 11.4. The van der Waals surface area contributed by atoms with Crippen molar-refractivity contribution in [1.82, 2.24) is 5.32 Å². The third-order valence-corrected chi connectivity index (χ3v) is 2.67. The molecule has 0 fully saturated rings. The van der Waals surface area contributed by atoms with Crippen molar-refractivity contribution in [3.05, 3.63) is 28.5 Å². The van der Waals surface area contributed by atoms with Gasteiger partial charge >= 0.3 is 0 Å². The Bertz CT molecular complexity index is 419. The molecule has 0 aliphatic rings. The van der Waals surface area contributed by atoms with Crippen LogP contribution in [0.25, 0.3) is 0 Å². The number of halogens is 3. The van der Waals surface area contributed by atoms with Crippen molar-refractivity contribution >= 4 is 34.2 Å². The summed E-state index contributed by atoms with van der Waals surface area (Å²) < 4.78 is 19.0. The predicted octanol–water partition coefficient (Wildman–Crippen LogP) is 2.24. The fraction of sp³-hybridized carbons (Fsp3) is 0.417. The minimum atomic E-state index is -0.507. The van der Waals surface area contributed by atoms with E-state index in [-0.39, 0.29) is 36.7 Å². The molecule has 19 heavy (non-hydrogen) atoms. The van der Waals surface area contributed by atoms with Gasteiger partial charge in [-0.25, -0.2) is 4.39 Å². The molecule has 0 saturated carbocycles. The van der Waals surface area contributed by atoms with E-state index in [1.54, 1.807) is 6.07 Å². The van der Waals surface area contributed by atoms with Crippen LogP contribution in [0.1, 0.15) is 13.3 Å². The van der Waals surface area contributed by atoms with Gasteiger partial charge in [0.2, 0.25) is 0 Å². The number of hydrogen-bond acceptors (Lipinski definition) is 3. The first-order chi connectivity index (χ1) is 8.49. The van der Waals surface area contributed by atoms with Gasteiger partial charge in [0, 0.05) is 17.1 Å². The standard InChI is InChI=1S/C12H16BrFN2O2.ClH/c1-8(15)4-5-16-12(17)7-18-11-3-2-9(13)6-10(11)14;/h2-3,6,8H,4-5,7,15H2,1H3,(H,16,17);1H. The van der Waals surface area contributed by atoms with Gasteiger partial charge in [-0.2, -0.15) is 0 Å². The van der Waals surface area contributed by atoms with E-state index in [0.717, 1.165) is 0 Å². The van der Waals surface area contributed by atoms with Crippen LogP contribution in [0.4, 0.5) is 4.39 Å². The Morgan fingerprint density at radius 2 is 2.26 bits per heavy atom. The monoisotopic (exact) mass is 354 g/mol. The third-order valence-electron chi connectivity index (χ3n) is 2.17. The van der Waals surface area contributed by atoms with Crippen molar-refractivity contribution in [2.75, 3.05) is 13.2 Å². The van der Waals surface area contributed by atoms with Crippen molar-refractivity contribution in [2.24, 2.45) is 5.73 Å². The van der Waals surface area contributed by atoms with E-state index in [0.29, 0.717) is 17.4 Å². The molecule has 0 aromatic heterocycles. The molecule has 1 unspecified atom stereocenters. The Morgan fingerprint density at radius 1 is 1.58 bits per heavy atom. The predicted molar refractivity (Wildman–Crippen MR) is 78.1 cm³/mol. The van der Waals surface area contributed by atoms with Crippen molar-refractivity contribution in [3.63, 3.8) is 0 Å². The van der Waals surface area contributed by atoms with Crippen LogP contribution in [-0.2, 0) is 4.79 Å². The van der Waals surface area contributed by atoms with Crippen LogP contribution in [0.15, 0.2) is 22.7 Å². The lowest BCUT2D eigenvalue weighted by molar-refractivity contribution is -0.123. The molecule has 0 aliphatic carbocycles. The van der Waals surface area contributed by atoms with Crippen molar-refractivity contribution in [1.29, 1.82) is 0 Å². The summed E-state index contributed by atoms with van der Waals surface area (Å²) in [6.07, 6.45) is 0.693. The topological polar surface area (TPSA) is 64.3 Å². The van der Waals surface area contributed by atoms with E-state index in [2.05, 4.69) is 21.2 Å². The summed E-state index contributed by atoms with van der Waals surface area (Å²) in [5, 5.41) is 2.64.